The molecule has 0 aromatic carbocycles. The highest BCUT2D eigenvalue weighted by Crippen LogP contribution is 2.23. The van der Waals surface area contributed by atoms with Gasteiger partial charge in [-0.05, 0) is 30.7 Å². The fourth-order valence-corrected chi connectivity index (χ4v) is 2.37. The summed E-state index contributed by atoms with van der Waals surface area (Å²) < 4.78 is 5.23. The normalized spacial score (nSPS) is 17.0. The van der Waals surface area contributed by atoms with Crippen molar-refractivity contribution in [1.29, 1.82) is 0 Å². The summed E-state index contributed by atoms with van der Waals surface area (Å²) >= 11 is 0. The molecule has 1 aliphatic carbocycles. The summed E-state index contributed by atoms with van der Waals surface area (Å²) in [5, 5.41) is 13.7. The van der Waals surface area contributed by atoms with Crippen molar-refractivity contribution in [2.24, 2.45) is 4.99 Å². The molecule has 0 amide bonds. The van der Waals surface area contributed by atoms with Crippen molar-refractivity contribution in [3.63, 3.8) is 0 Å². The molecule has 0 bridgehead atoms. The number of aromatic nitrogens is 1. The lowest BCUT2D eigenvalue weighted by Gasteiger charge is -2.15. The van der Waals surface area contributed by atoms with Crippen LogP contribution in [-0.4, -0.2) is 29.5 Å². The highest BCUT2D eigenvalue weighted by atomic mass is 16.5. The van der Waals surface area contributed by atoms with Gasteiger partial charge < -0.3 is 15.2 Å². The number of ether oxygens (including phenoxy) is 1. The van der Waals surface area contributed by atoms with Crippen LogP contribution in [0.5, 0.6) is 0 Å². The number of nitrogens with zero attached hydrogens (tertiary/aromatic N) is 2. The number of rotatable bonds is 8. The molecule has 0 radical (unpaired) electrons. The van der Waals surface area contributed by atoms with E-state index in [2.05, 4.69) is 22.2 Å². The average molecular weight is 315 g/mol. The first-order chi connectivity index (χ1) is 11.2. The Bertz CT molecular complexity index is 594. The maximum atomic E-state index is 10.5. The van der Waals surface area contributed by atoms with Crippen molar-refractivity contribution in [1.82, 2.24) is 4.98 Å². The zero-order valence-corrected chi connectivity index (χ0v) is 13.8. The van der Waals surface area contributed by atoms with Gasteiger partial charge in [-0.2, -0.15) is 0 Å². The molecule has 1 aromatic rings. The molecule has 23 heavy (non-hydrogen) atoms. The van der Waals surface area contributed by atoms with Crippen LogP contribution >= 0.6 is 0 Å². The van der Waals surface area contributed by atoms with Gasteiger partial charge >= 0.3 is 0 Å². The van der Waals surface area contributed by atoms with Gasteiger partial charge in [-0.1, -0.05) is 25.8 Å². The Morgan fingerprint density at radius 2 is 2.30 bits per heavy atom. The molecule has 0 saturated heterocycles. The number of unbranched alkanes of at least 4 members (excludes halogenated alkanes) is 2. The zero-order valence-electron chi connectivity index (χ0n) is 13.8. The molecule has 2 rings (SSSR count). The molecule has 1 atom stereocenters. The van der Waals surface area contributed by atoms with E-state index >= 15 is 0 Å². The van der Waals surface area contributed by atoms with E-state index in [1.807, 2.05) is 30.4 Å². The van der Waals surface area contributed by atoms with Crippen LogP contribution in [0.2, 0.25) is 0 Å². The molecular formula is C18H25N3O2. The average Bonchev–Trinajstić information content (AvgIpc) is 2.59. The Hall–Kier alpha value is -2.14. The molecule has 0 fully saturated rings. The van der Waals surface area contributed by atoms with Crippen LogP contribution in [0.1, 0.15) is 44.4 Å². The zero-order chi connectivity index (χ0) is 16.5. The van der Waals surface area contributed by atoms with Crippen molar-refractivity contribution in [3.8, 4) is 0 Å². The number of anilines is 1. The first kappa shape index (κ1) is 17.2. The second kappa shape index (κ2) is 9.10. The Balaban J connectivity index is 2.06. The molecule has 1 aliphatic rings. The number of nitrogens with one attached hydrogen (secondary N) is 1. The first-order valence-electron chi connectivity index (χ1n) is 8.09. The van der Waals surface area contributed by atoms with E-state index in [0.29, 0.717) is 17.8 Å². The van der Waals surface area contributed by atoms with E-state index in [-0.39, 0.29) is 0 Å². The number of hydrogen-bond donors (Lipinski definition) is 2. The highest BCUT2D eigenvalue weighted by Gasteiger charge is 2.14. The van der Waals surface area contributed by atoms with Crippen molar-refractivity contribution in [2.45, 2.75) is 38.8 Å². The number of allylic oxidation sites excluding steroid dienone is 4. The van der Waals surface area contributed by atoms with Crippen LogP contribution in [0.15, 0.2) is 47.3 Å². The summed E-state index contributed by atoms with van der Waals surface area (Å²) in [6.45, 7) is 3.02. The minimum Gasteiger partial charge on any atom is -0.501 e. The summed E-state index contributed by atoms with van der Waals surface area (Å²) in [7, 11) is 1.64. The molecule has 2 N–H and O–H groups in total. The predicted molar refractivity (Wildman–Crippen MR) is 93.5 cm³/mol. The number of methoxy groups -OCH3 is 1. The number of hydrogen-bond acceptors (Lipinski definition) is 5. The van der Waals surface area contributed by atoms with E-state index in [1.54, 1.807) is 13.3 Å². The predicted octanol–water partition coefficient (Wildman–Crippen LogP) is 3.61. The van der Waals surface area contributed by atoms with Gasteiger partial charge in [-0.3, -0.25) is 4.99 Å². The maximum absolute atomic E-state index is 10.5. The summed E-state index contributed by atoms with van der Waals surface area (Å²) in [6.07, 6.45) is 10.5. The summed E-state index contributed by atoms with van der Waals surface area (Å²) in [6, 6.07) is 3.66. The number of aliphatic hydroxyl groups is 1. The van der Waals surface area contributed by atoms with Gasteiger partial charge in [0.25, 0.3) is 0 Å². The largest absolute Gasteiger partial charge is 0.501 e. The Morgan fingerprint density at radius 3 is 3.09 bits per heavy atom. The highest BCUT2D eigenvalue weighted by molar-refractivity contribution is 5.97. The van der Waals surface area contributed by atoms with Gasteiger partial charge in [0, 0.05) is 30.4 Å². The van der Waals surface area contributed by atoms with E-state index in [4.69, 9.17) is 4.74 Å². The smallest absolute Gasteiger partial charge is 0.175 e. The van der Waals surface area contributed by atoms with Gasteiger partial charge in [0.2, 0.25) is 0 Å². The van der Waals surface area contributed by atoms with Gasteiger partial charge in [0.15, 0.2) is 6.23 Å². The van der Waals surface area contributed by atoms with E-state index in [0.717, 1.165) is 24.4 Å². The van der Waals surface area contributed by atoms with Crippen LogP contribution in [0.25, 0.3) is 0 Å². The third kappa shape index (κ3) is 5.21. The van der Waals surface area contributed by atoms with Crippen LogP contribution < -0.4 is 5.32 Å². The van der Waals surface area contributed by atoms with Gasteiger partial charge in [0.05, 0.1) is 7.11 Å². The minimum absolute atomic E-state index is 0.587. The summed E-state index contributed by atoms with van der Waals surface area (Å²) in [5.41, 5.74) is 1.48. The third-order valence-electron chi connectivity index (χ3n) is 3.67. The molecule has 0 spiro atoms. The topological polar surface area (TPSA) is 66.7 Å². The fraction of sp³-hybridized carbons (Fsp3) is 0.444. The maximum Gasteiger partial charge on any atom is 0.175 e. The number of aliphatic hydroxyl groups excluding tert-OH is 1. The molecule has 0 aliphatic heterocycles. The second-order valence-corrected chi connectivity index (χ2v) is 5.44. The van der Waals surface area contributed by atoms with Crippen LogP contribution in [0.3, 0.4) is 0 Å². The Labute approximate surface area is 137 Å². The Morgan fingerprint density at radius 1 is 1.43 bits per heavy atom. The SMILES string of the molecule is CCCCCNc1ncccc1C(O)/N=C1\C=CC=C(OC)C1. The quantitative estimate of drug-likeness (QED) is 0.719. The lowest BCUT2D eigenvalue weighted by molar-refractivity contribution is 0.188. The van der Waals surface area contributed by atoms with Crippen molar-refractivity contribution >= 4 is 11.5 Å². The van der Waals surface area contributed by atoms with Gasteiger partial charge in [-0.15, -0.1) is 0 Å². The standard InChI is InChI=1S/C18H25N3O2/c1-3-4-5-11-19-17-16(10-7-12-20-17)18(22)21-14-8-6-9-15(13-14)23-2/h6-10,12,18,22H,3-5,11,13H2,1-2H3,(H,19,20)/b21-14+. The van der Waals surface area contributed by atoms with Crippen LogP contribution in [0.4, 0.5) is 5.82 Å². The lowest BCUT2D eigenvalue weighted by Crippen LogP contribution is -2.10. The monoisotopic (exact) mass is 315 g/mol. The van der Waals surface area contributed by atoms with Gasteiger partial charge in [0.1, 0.15) is 11.6 Å². The molecule has 1 heterocycles. The lowest BCUT2D eigenvalue weighted by atomic mass is 10.1. The van der Waals surface area contributed by atoms with Gasteiger partial charge in [-0.25, -0.2) is 4.98 Å². The molecule has 5 nitrogen and oxygen atoms in total. The second-order valence-electron chi connectivity index (χ2n) is 5.44. The Kier molecular flexibility index (Phi) is 6.81. The third-order valence-corrected chi connectivity index (χ3v) is 3.67. The summed E-state index contributed by atoms with van der Waals surface area (Å²) in [4.78, 5) is 8.72. The van der Waals surface area contributed by atoms with E-state index in [9.17, 15) is 5.11 Å². The molecule has 1 unspecified atom stereocenters. The van der Waals surface area contributed by atoms with E-state index in [1.165, 1.54) is 12.8 Å². The summed E-state index contributed by atoms with van der Waals surface area (Å²) in [5.74, 6) is 1.53. The first-order valence-corrected chi connectivity index (χ1v) is 8.09. The molecule has 0 saturated carbocycles. The number of pyridine rings is 1. The van der Waals surface area contributed by atoms with E-state index < -0.39 is 6.23 Å². The minimum atomic E-state index is -0.937. The number of aliphatic imine (C=N–C) groups is 1. The molecular weight excluding hydrogens is 290 g/mol. The van der Waals surface area contributed by atoms with Crippen molar-refractivity contribution < 1.29 is 9.84 Å². The van der Waals surface area contributed by atoms with Crippen molar-refractivity contribution in [3.05, 3.63) is 47.9 Å². The fourth-order valence-electron chi connectivity index (χ4n) is 2.37. The van der Waals surface area contributed by atoms with Crippen molar-refractivity contribution in [2.75, 3.05) is 19.0 Å². The molecule has 1 aromatic heterocycles. The molecule has 124 valence electrons. The van der Waals surface area contributed by atoms with Crippen LogP contribution in [0, 0.1) is 0 Å². The molecule has 5 heteroatoms. The van der Waals surface area contributed by atoms with Crippen LogP contribution in [-0.2, 0) is 4.74 Å².